The van der Waals surface area contributed by atoms with E-state index in [-0.39, 0.29) is 10.8 Å². The molecule has 0 saturated carbocycles. The Bertz CT molecular complexity index is 1390. The van der Waals surface area contributed by atoms with Crippen LogP contribution in [-0.2, 0) is 9.84 Å². The van der Waals surface area contributed by atoms with Crippen LogP contribution < -0.4 is 20.3 Å². The zero-order chi connectivity index (χ0) is 26.8. The monoisotopic (exact) mass is 537 g/mol. The van der Waals surface area contributed by atoms with Gasteiger partial charge in [-0.1, -0.05) is 18.6 Å². The smallest absolute Gasteiger partial charge is 0.232 e. The van der Waals surface area contributed by atoms with Crippen molar-refractivity contribution in [2.75, 3.05) is 55.6 Å². The van der Waals surface area contributed by atoms with Gasteiger partial charge in [0.1, 0.15) is 12.1 Å². The molecule has 2 saturated heterocycles. The van der Waals surface area contributed by atoms with E-state index in [1.807, 2.05) is 12.1 Å². The molecule has 2 aromatic carbocycles. The number of nitrogens with one attached hydrogen (secondary N) is 2. The van der Waals surface area contributed by atoms with E-state index in [2.05, 4.69) is 48.5 Å². The number of nitrogens with zero attached hydrogens (tertiary/aromatic N) is 5. The highest BCUT2D eigenvalue weighted by Gasteiger charge is 2.39. The Kier molecular flexibility index (Phi) is 7.40. The molecule has 2 fully saturated rings. The Hall–Kier alpha value is -3.44. The molecule has 0 amide bonds. The molecule has 0 bridgehead atoms. The van der Waals surface area contributed by atoms with Crippen molar-refractivity contribution in [1.82, 2.24) is 19.9 Å². The summed E-state index contributed by atoms with van der Waals surface area (Å²) in [7, 11) is 0.512. The predicted octanol–water partition coefficient (Wildman–Crippen LogP) is 4.23. The number of ether oxygens (including phenoxy) is 1. The molecule has 3 heterocycles. The molecule has 2 N–H and O–H groups in total. The molecule has 0 atom stereocenters. The minimum Gasteiger partial charge on any atom is -0.494 e. The summed E-state index contributed by atoms with van der Waals surface area (Å²) in [4.78, 5) is 18.0. The quantitative estimate of drug-likeness (QED) is 0.454. The first-order chi connectivity index (χ1) is 18.3. The summed E-state index contributed by atoms with van der Waals surface area (Å²) in [6, 6.07) is 12.8. The normalized spacial score (nSPS) is 17.8. The summed E-state index contributed by atoms with van der Waals surface area (Å²) in [5.74, 6) is 1.23. The van der Waals surface area contributed by atoms with Gasteiger partial charge in [-0.25, -0.2) is 18.4 Å². The first-order valence-electron chi connectivity index (χ1n) is 12.9. The Morgan fingerprint density at radius 3 is 2.32 bits per heavy atom. The summed E-state index contributed by atoms with van der Waals surface area (Å²) < 4.78 is 30.0. The molecule has 0 unspecified atom stereocenters. The maximum Gasteiger partial charge on any atom is 0.232 e. The second kappa shape index (κ2) is 10.7. The van der Waals surface area contributed by atoms with Gasteiger partial charge in [-0.3, -0.25) is 0 Å². The van der Waals surface area contributed by atoms with E-state index >= 15 is 0 Å². The Labute approximate surface area is 224 Å². The number of anilines is 5. The van der Waals surface area contributed by atoms with Crippen molar-refractivity contribution >= 4 is 38.8 Å². The zero-order valence-electron chi connectivity index (χ0n) is 22.1. The molecule has 202 valence electrons. The van der Waals surface area contributed by atoms with E-state index in [0.29, 0.717) is 22.9 Å². The number of hydrogen-bond donors (Lipinski definition) is 2. The molecule has 10 nitrogen and oxygen atoms in total. The van der Waals surface area contributed by atoms with E-state index in [0.717, 1.165) is 24.5 Å². The molecule has 0 radical (unpaired) electrons. The number of piperidine rings is 2. The van der Waals surface area contributed by atoms with Gasteiger partial charge >= 0.3 is 0 Å². The third-order valence-corrected chi connectivity index (χ3v) is 8.95. The van der Waals surface area contributed by atoms with Crippen LogP contribution in [0.5, 0.6) is 5.75 Å². The predicted molar refractivity (Wildman–Crippen MR) is 150 cm³/mol. The first kappa shape index (κ1) is 26.2. The standard InChI is InChI=1S/C27H35N7O3S/c1-33-15-7-6-12-27(33)13-16-34(17-14-27)20-10-11-21(23(18-20)37-2)30-25-28-19-29-26(32-25)31-22-8-4-5-9-24(22)38(3,35)36/h4-5,8-11,18-19H,6-7,12-17H2,1-3H3,(H2,28,29,30,31,32). The van der Waals surface area contributed by atoms with Gasteiger partial charge in [-0.05, 0) is 63.5 Å². The van der Waals surface area contributed by atoms with Gasteiger partial charge in [0.15, 0.2) is 9.84 Å². The van der Waals surface area contributed by atoms with Crippen LogP contribution in [0.25, 0.3) is 0 Å². The Morgan fingerprint density at radius 1 is 0.921 bits per heavy atom. The largest absolute Gasteiger partial charge is 0.494 e. The second-order valence-corrected chi connectivity index (χ2v) is 12.1. The SMILES string of the molecule is COc1cc(N2CCC3(CCCCN3C)CC2)ccc1Nc1ncnc(Nc2ccccc2S(C)(=O)=O)n1. The van der Waals surface area contributed by atoms with Gasteiger partial charge in [-0.2, -0.15) is 4.98 Å². The number of benzene rings is 2. The molecular formula is C27H35N7O3S. The average Bonchev–Trinajstić information content (AvgIpc) is 2.91. The minimum absolute atomic E-state index is 0.172. The third-order valence-electron chi connectivity index (χ3n) is 7.79. The lowest BCUT2D eigenvalue weighted by Crippen LogP contribution is -2.56. The van der Waals surface area contributed by atoms with Crippen molar-refractivity contribution in [1.29, 1.82) is 0 Å². The van der Waals surface area contributed by atoms with Crippen molar-refractivity contribution < 1.29 is 13.2 Å². The summed E-state index contributed by atoms with van der Waals surface area (Å²) >= 11 is 0. The van der Waals surface area contributed by atoms with Crippen molar-refractivity contribution in [3.05, 3.63) is 48.8 Å². The van der Waals surface area contributed by atoms with E-state index in [1.54, 1.807) is 31.4 Å². The fourth-order valence-electron chi connectivity index (χ4n) is 5.57. The topological polar surface area (TPSA) is 113 Å². The van der Waals surface area contributed by atoms with Gasteiger partial charge in [0, 0.05) is 36.6 Å². The average molecular weight is 538 g/mol. The second-order valence-electron chi connectivity index (χ2n) is 10.1. The first-order valence-corrected chi connectivity index (χ1v) is 14.8. The molecule has 5 rings (SSSR count). The minimum atomic E-state index is -3.42. The van der Waals surface area contributed by atoms with Crippen LogP contribution in [0, 0.1) is 0 Å². The van der Waals surface area contributed by atoms with Crippen molar-refractivity contribution in [3.63, 3.8) is 0 Å². The van der Waals surface area contributed by atoms with E-state index in [1.165, 1.54) is 51.2 Å². The molecule has 1 spiro atoms. The number of methoxy groups -OCH3 is 1. The lowest BCUT2D eigenvalue weighted by atomic mass is 9.79. The van der Waals surface area contributed by atoms with E-state index in [4.69, 9.17) is 4.74 Å². The van der Waals surface area contributed by atoms with Gasteiger partial charge < -0.3 is 25.2 Å². The van der Waals surface area contributed by atoms with Gasteiger partial charge in [0.25, 0.3) is 0 Å². The van der Waals surface area contributed by atoms with E-state index in [9.17, 15) is 8.42 Å². The highest BCUT2D eigenvalue weighted by Crippen LogP contribution is 2.39. The van der Waals surface area contributed by atoms with Crippen LogP contribution in [-0.4, -0.2) is 73.9 Å². The Balaban J connectivity index is 1.29. The Morgan fingerprint density at radius 2 is 1.63 bits per heavy atom. The summed E-state index contributed by atoms with van der Waals surface area (Å²) in [6.45, 7) is 3.25. The molecule has 0 aliphatic carbocycles. The van der Waals surface area contributed by atoms with Crippen LogP contribution in [0.2, 0.25) is 0 Å². The van der Waals surface area contributed by atoms with Crippen LogP contribution >= 0.6 is 0 Å². The number of likely N-dealkylation sites (tertiary alicyclic amines) is 1. The molecule has 38 heavy (non-hydrogen) atoms. The molecular weight excluding hydrogens is 502 g/mol. The number of hydrogen-bond acceptors (Lipinski definition) is 10. The summed E-state index contributed by atoms with van der Waals surface area (Å²) in [6.07, 6.45) is 8.82. The lowest BCUT2D eigenvalue weighted by Gasteiger charge is -2.50. The van der Waals surface area contributed by atoms with Crippen molar-refractivity contribution in [2.45, 2.75) is 42.5 Å². The van der Waals surface area contributed by atoms with Gasteiger partial charge in [0.2, 0.25) is 11.9 Å². The number of aromatic nitrogens is 3. The third kappa shape index (κ3) is 5.53. The molecule has 2 aliphatic rings. The van der Waals surface area contributed by atoms with Crippen LogP contribution in [0.4, 0.5) is 29.0 Å². The van der Waals surface area contributed by atoms with Gasteiger partial charge in [0.05, 0.1) is 23.4 Å². The van der Waals surface area contributed by atoms with Gasteiger partial charge in [-0.15, -0.1) is 0 Å². The fourth-order valence-corrected chi connectivity index (χ4v) is 6.42. The maximum absolute atomic E-state index is 12.1. The van der Waals surface area contributed by atoms with Crippen LogP contribution in [0.15, 0.2) is 53.7 Å². The highest BCUT2D eigenvalue weighted by molar-refractivity contribution is 7.90. The van der Waals surface area contributed by atoms with Crippen LogP contribution in [0.3, 0.4) is 0 Å². The molecule has 1 aromatic heterocycles. The maximum atomic E-state index is 12.1. The molecule has 11 heteroatoms. The van der Waals surface area contributed by atoms with Crippen molar-refractivity contribution in [3.8, 4) is 5.75 Å². The summed E-state index contributed by atoms with van der Waals surface area (Å²) in [5, 5.41) is 6.20. The lowest BCUT2D eigenvalue weighted by molar-refractivity contribution is 0.0495. The summed E-state index contributed by atoms with van der Waals surface area (Å²) in [5.41, 5.74) is 2.62. The molecule has 2 aliphatic heterocycles. The van der Waals surface area contributed by atoms with E-state index < -0.39 is 9.84 Å². The zero-order valence-corrected chi connectivity index (χ0v) is 23.0. The number of para-hydroxylation sites is 1. The number of rotatable bonds is 7. The number of sulfone groups is 1. The highest BCUT2D eigenvalue weighted by atomic mass is 32.2. The van der Waals surface area contributed by atoms with Crippen molar-refractivity contribution in [2.24, 2.45) is 0 Å². The fraction of sp³-hybridized carbons (Fsp3) is 0.444. The van der Waals surface area contributed by atoms with Crippen LogP contribution in [0.1, 0.15) is 32.1 Å². The molecule has 3 aromatic rings.